The van der Waals surface area contributed by atoms with Crippen molar-refractivity contribution < 1.29 is 9.84 Å². The van der Waals surface area contributed by atoms with Gasteiger partial charge in [0, 0.05) is 29.7 Å². The van der Waals surface area contributed by atoms with Gasteiger partial charge in [-0.25, -0.2) is 0 Å². The Labute approximate surface area is 132 Å². The third-order valence-electron chi connectivity index (χ3n) is 3.48. The zero-order valence-corrected chi connectivity index (χ0v) is 14.2. The van der Waals surface area contributed by atoms with Crippen molar-refractivity contribution in [2.24, 2.45) is 11.1 Å². The maximum Gasteiger partial charge on any atom is 0.162 e. The monoisotopic (exact) mass is 314 g/mol. The number of ether oxygens (including phenoxy) is 1. The molecule has 3 N–H and O–H groups in total. The minimum Gasteiger partial charge on any atom is -0.504 e. The third kappa shape index (κ3) is 5.38. The van der Waals surface area contributed by atoms with Gasteiger partial charge in [-0.1, -0.05) is 32.4 Å². The van der Waals surface area contributed by atoms with Crippen LogP contribution >= 0.6 is 11.6 Å². The Morgan fingerprint density at radius 3 is 2.57 bits per heavy atom. The van der Waals surface area contributed by atoms with Crippen LogP contribution in [0, 0.1) is 5.41 Å². The van der Waals surface area contributed by atoms with Crippen molar-refractivity contribution in [3.05, 3.63) is 22.7 Å². The molecule has 0 fully saturated rings. The van der Waals surface area contributed by atoms with Crippen LogP contribution in [0.25, 0.3) is 0 Å². The van der Waals surface area contributed by atoms with Gasteiger partial charge >= 0.3 is 0 Å². The number of rotatable bonds is 8. The molecule has 0 atom stereocenters. The Hall–Kier alpha value is -0.970. The lowest BCUT2D eigenvalue weighted by atomic mass is 9.92. The maximum atomic E-state index is 10.3. The lowest BCUT2D eigenvalue weighted by Gasteiger charge is -2.32. The number of benzene rings is 1. The molecule has 5 heteroatoms. The SMILES string of the molecule is CCCN(Cc1cc(Cl)cc(OC)c1O)CC(C)(C)CN. The number of phenols is 1. The van der Waals surface area contributed by atoms with Crippen molar-refractivity contribution in [2.75, 3.05) is 26.7 Å². The van der Waals surface area contributed by atoms with Crippen LogP contribution in [0.5, 0.6) is 11.5 Å². The summed E-state index contributed by atoms with van der Waals surface area (Å²) in [6, 6.07) is 3.41. The molecule has 0 aromatic heterocycles. The summed E-state index contributed by atoms with van der Waals surface area (Å²) in [5.74, 6) is 0.570. The summed E-state index contributed by atoms with van der Waals surface area (Å²) in [6.45, 7) is 9.49. The quantitative estimate of drug-likeness (QED) is 0.773. The Bertz CT molecular complexity index is 464. The minimum absolute atomic E-state index is 0.0352. The van der Waals surface area contributed by atoms with Crippen molar-refractivity contribution in [1.29, 1.82) is 0 Å². The van der Waals surface area contributed by atoms with Gasteiger partial charge in [-0.3, -0.25) is 4.90 Å². The highest BCUT2D eigenvalue weighted by atomic mass is 35.5. The van der Waals surface area contributed by atoms with E-state index in [1.165, 1.54) is 7.11 Å². The molecule has 0 unspecified atom stereocenters. The summed E-state index contributed by atoms with van der Waals surface area (Å²) in [5, 5.41) is 10.8. The zero-order valence-electron chi connectivity index (χ0n) is 13.4. The fraction of sp³-hybridized carbons (Fsp3) is 0.625. The molecule has 0 saturated carbocycles. The number of aromatic hydroxyl groups is 1. The summed E-state index contributed by atoms with van der Waals surface area (Å²) in [5.41, 5.74) is 6.64. The molecule has 21 heavy (non-hydrogen) atoms. The topological polar surface area (TPSA) is 58.7 Å². The molecule has 1 aromatic carbocycles. The first-order valence-electron chi connectivity index (χ1n) is 7.30. The maximum absolute atomic E-state index is 10.3. The highest BCUT2D eigenvalue weighted by Gasteiger charge is 2.21. The first kappa shape index (κ1) is 18.1. The molecule has 0 aliphatic carbocycles. The highest BCUT2D eigenvalue weighted by molar-refractivity contribution is 6.30. The number of halogens is 1. The Morgan fingerprint density at radius 1 is 1.38 bits per heavy atom. The minimum atomic E-state index is 0.0352. The van der Waals surface area contributed by atoms with Gasteiger partial charge in [0.15, 0.2) is 11.5 Å². The van der Waals surface area contributed by atoms with Gasteiger partial charge < -0.3 is 15.6 Å². The molecule has 0 aliphatic heterocycles. The molecule has 0 radical (unpaired) electrons. The van der Waals surface area contributed by atoms with Crippen LogP contribution in [0.3, 0.4) is 0 Å². The standard InChI is InChI=1S/C16H27ClN2O2/c1-5-6-19(11-16(2,3)10-18)9-12-7-13(17)8-14(21-4)15(12)20/h7-8,20H,5-6,9-11,18H2,1-4H3. The molecule has 120 valence electrons. The first-order chi connectivity index (χ1) is 9.82. The predicted molar refractivity (Wildman–Crippen MR) is 88.1 cm³/mol. The smallest absolute Gasteiger partial charge is 0.162 e. The van der Waals surface area contributed by atoms with E-state index in [2.05, 4.69) is 25.7 Å². The molecule has 0 amide bonds. The molecule has 0 heterocycles. The van der Waals surface area contributed by atoms with Gasteiger partial charge in [-0.05, 0) is 31.0 Å². The molecule has 1 aromatic rings. The summed E-state index contributed by atoms with van der Waals surface area (Å²) in [7, 11) is 1.52. The van der Waals surface area contributed by atoms with E-state index >= 15 is 0 Å². The van der Waals surface area contributed by atoms with Gasteiger partial charge in [0.05, 0.1) is 7.11 Å². The van der Waals surface area contributed by atoms with Crippen LogP contribution in [0.1, 0.15) is 32.8 Å². The van der Waals surface area contributed by atoms with Crippen LogP contribution in [0.2, 0.25) is 5.02 Å². The largest absolute Gasteiger partial charge is 0.504 e. The van der Waals surface area contributed by atoms with Crippen molar-refractivity contribution in [2.45, 2.75) is 33.7 Å². The number of hydrogen-bond donors (Lipinski definition) is 2. The number of hydrogen-bond acceptors (Lipinski definition) is 4. The molecule has 0 bridgehead atoms. The lowest BCUT2D eigenvalue weighted by molar-refractivity contribution is 0.174. The van der Waals surface area contributed by atoms with Gasteiger partial charge in [0.2, 0.25) is 0 Å². The molecule has 0 spiro atoms. The second-order valence-electron chi connectivity index (χ2n) is 6.19. The first-order valence-corrected chi connectivity index (χ1v) is 7.68. The lowest BCUT2D eigenvalue weighted by Crippen LogP contribution is -2.38. The Balaban J connectivity index is 2.96. The zero-order chi connectivity index (χ0) is 16.0. The second kappa shape index (κ2) is 7.87. The second-order valence-corrected chi connectivity index (χ2v) is 6.63. The van der Waals surface area contributed by atoms with E-state index in [9.17, 15) is 5.11 Å². The molecule has 4 nitrogen and oxygen atoms in total. The van der Waals surface area contributed by atoms with Gasteiger partial charge in [-0.2, -0.15) is 0 Å². The molecule has 1 rings (SSSR count). The average molecular weight is 315 g/mol. The van der Waals surface area contributed by atoms with Gasteiger partial charge in [-0.15, -0.1) is 0 Å². The fourth-order valence-electron chi connectivity index (χ4n) is 2.35. The Morgan fingerprint density at radius 2 is 2.05 bits per heavy atom. The fourth-order valence-corrected chi connectivity index (χ4v) is 2.58. The van der Waals surface area contributed by atoms with Crippen LogP contribution in [-0.2, 0) is 6.54 Å². The van der Waals surface area contributed by atoms with Crippen LogP contribution in [0.15, 0.2) is 12.1 Å². The van der Waals surface area contributed by atoms with Crippen LogP contribution in [0.4, 0.5) is 0 Å². The summed E-state index contributed by atoms with van der Waals surface area (Å²) >= 11 is 6.09. The predicted octanol–water partition coefficient (Wildman–Crippen LogP) is 3.25. The normalized spacial score (nSPS) is 12.0. The molecule has 0 aliphatic rings. The van der Waals surface area contributed by atoms with E-state index in [-0.39, 0.29) is 11.2 Å². The average Bonchev–Trinajstić information content (AvgIpc) is 2.42. The van der Waals surface area contributed by atoms with E-state index in [0.29, 0.717) is 23.9 Å². The summed E-state index contributed by atoms with van der Waals surface area (Å²) in [6.07, 6.45) is 1.04. The van der Waals surface area contributed by atoms with E-state index < -0.39 is 0 Å². The number of phenolic OH excluding ortho intramolecular Hbond substituents is 1. The van der Waals surface area contributed by atoms with E-state index in [0.717, 1.165) is 25.1 Å². The van der Waals surface area contributed by atoms with Crippen LogP contribution in [-0.4, -0.2) is 36.8 Å². The number of nitrogens with zero attached hydrogens (tertiary/aromatic N) is 1. The van der Waals surface area contributed by atoms with Crippen LogP contribution < -0.4 is 10.5 Å². The van der Waals surface area contributed by atoms with Crippen molar-refractivity contribution in [1.82, 2.24) is 4.90 Å². The molecule has 0 saturated heterocycles. The van der Waals surface area contributed by atoms with E-state index in [1.807, 2.05) is 0 Å². The Kier molecular flexibility index (Phi) is 6.78. The van der Waals surface area contributed by atoms with Gasteiger partial charge in [0.1, 0.15) is 0 Å². The number of nitrogens with two attached hydrogens (primary N) is 1. The highest BCUT2D eigenvalue weighted by Crippen LogP contribution is 2.34. The van der Waals surface area contributed by atoms with E-state index in [1.54, 1.807) is 12.1 Å². The summed E-state index contributed by atoms with van der Waals surface area (Å²) in [4.78, 5) is 2.29. The molecular formula is C16H27ClN2O2. The van der Waals surface area contributed by atoms with Gasteiger partial charge in [0.25, 0.3) is 0 Å². The number of methoxy groups -OCH3 is 1. The van der Waals surface area contributed by atoms with Crippen molar-refractivity contribution in [3.8, 4) is 11.5 Å². The molecular weight excluding hydrogens is 288 g/mol. The van der Waals surface area contributed by atoms with Crippen molar-refractivity contribution >= 4 is 11.6 Å². The van der Waals surface area contributed by atoms with E-state index in [4.69, 9.17) is 22.1 Å². The third-order valence-corrected chi connectivity index (χ3v) is 3.69. The summed E-state index contributed by atoms with van der Waals surface area (Å²) < 4.78 is 5.16. The van der Waals surface area contributed by atoms with Crippen molar-refractivity contribution in [3.63, 3.8) is 0 Å².